The molecule has 6 heteroatoms. The van der Waals surface area contributed by atoms with Crippen molar-refractivity contribution >= 4 is 23.6 Å². The van der Waals surface area contributed by atoms with E-state index >= 15 is 0 Å². The SMILES string of the molecule is CN1C(=O)C(C)(CCCCl)N(C(=O)OC(C)(C)C)C1C(C)(C)C. The third-order valence-corrected chi connectivity index (χ3v) is 4.35. The van der Waals surface area contributed by atoms with Crippen LogP contribution in [0.1, 0.15) is 61.3 Å². The molecule has 0 saturated carbocycles. The van der Waals surface area contributed by atoms with Crippen LogP contribution in [0.4, 0.5) is 4.79 Å². The van der Waals surface area contributed by atoms with Crippen molar-refractivity contribution in [2.24, 2.45) is 5.41 Å². The summed E-state index contributed by atoms with van der Waals surface area (Å²) in [5.74, 6) is 0.392. The molecule has 1 aliphatic rings. The summed E-state index contributed by atoms with van der Waals surface area (Å²) < 4.78 is 5.59. The van der Waals surface area contributed by atoms with E-state index in [4.69, 9.17) is 16.3 Å². The van der Waals surface area contributed by atoms with E-state index in [0.29, 0.717) is 18.7 Å². The summed E-state index contributed by atoms with van der Waals surface area (Å²) >= 11 is 5.83. The summed E-state index contributed by atoms with van der Waals surface area (Å²) in [5.41, 5.74) is -1.83. The second-order valence-electron chi connectivity index (χ2n) is 8.57. The molecule has 0 aromatic rings. The molecule has 2 unspecified atom stereocenters. The second-order valence-corrected chi connectivity index (χ2v) is 8.95. The summed E-state index contributed by atoms with van der Waals surface area (Å²) in [5, 5.41) is 0. The molecule has 1 fully saturated rings. The van der Waals surface area contributed by atoms with Crippen molar-refractivity contribution in [1.82, 2.24) is 9.80 Å². The van der Waals surface area contributed by atoms with Gasteiger partial charge in [0, 0.05) is 18.3 Å². The Hall–Kier alpha value is -0.970. The molecular formula is C17H31ClN2O3. The van der Waals surface area contributed by atoms with Gasteiger partial charge in [-0.2, -0.15) is 0 Å². The molecule has 0 aliphatic carbocycles. The fourth-order valence-corrected chi connectivity index (χ4v) is 3.39. The molecule has 1 saturated heterocycles. The van der Waals surface area contributed by atoms with E-state index in [0.717, 1.165) is 0 Å². The van der Waals surface area contributed by atoms with E-state index in [1.54, 1.807) is 16.8 Å². The molecule has 1 aliphatic heterocycles. The third-order valence-electron chi connectivity index (χ3n) is 4.09. The minimum atomic E-state index is -0.927. The summed E-state index contributed by atoms with van der Waals surface area (Å²) in [6, 6.07) is 0. The van der Waals surface area contributed by atoms with Gasteiger partial charge in [0.2, 0.25) is 5.91 Å². The van der Waals surface area contributed by atoms with Gasteiger partial charge in [0.05, 0.1) is 0 Å². The maximum absolute atomic E-state index is 12.9. The number of likely N-dealkylation sites (N-methyl/N-ethyl adjacent to an activating group) is 1. The van der Waals surface area contributed by atoms with Crippen molar-refractivity contribution < 1.29 is 14.3 Å². The van der Waals surface area contributed by atoms with Gasteiger partial charge in [-0.1, -0.05) is 20.8 Å². The quantitative estimate of drug-likeness (QED) is 0.729. The van der Waals surface area contributed by atoms with E-state index in [9.17, 15) is 9.59 Å². The Morgan fingerprint density at radius 2 is 1.78 bits per heavy atom. The van der Waals surface area contributed by atoms with E-state index in [-0.39, 0.29) is 17.5 Å². The molecular weight excluding hydrogens is 316 g/mol. The van der Waals surface area contributed by atoms with Gasteiger partial charge in [-0.3, -0.25) is 9.69 Å². The van der Waals surface area contributed by atoms with E-state index in [2.05, 4.69) is 0 Å². The number of ether oxygens (including phenoxy) is 1. The molecule has 1 heterocycles. The minimum Gasteiger partial charge on any atom is -0.444 e. The summed E-state index contributed by atoms with van der Waals surface area (Å²) in [6.45, 7) is 13.4. The molecule has 0 spiro atoms. The lowest BCUT2D eigenvalue weighted by molar-refractivity contribution is -0.133. The van der Waals surface area contributed by atoms with Crippen LogP contribution in [0.5, 0.6) is 0 Å². The third kappa shape index (κ3) is 4.11. The first-order valence-electron chi connectivity index (χ1n) is 8.11. The van der Waals surface area contributed by atoms with Gasteiger partial charge in [-0.05, 0) is 40.5 Å². The van der Waals surface area contributed by atoms with Gasteiger partial charge in [-0.15, -0.1) is 11.6 Å². The zero-order valence-corrected chi connectivity index (χ0v) is 16.5. The van der Waals surface area contributed by atoms with Gasteiger partial charge in [-0.25, -0.2) is 4.79 Å². The van der Waals surface area contributed by atoms with Crippen LogP contribution < -0.4 is 0 Å². The lowest BCUT2D eigenvalue weighted by Gasteiger charge is -2.42. The fraction of sp³-hybridized carbons (Fsp3) is 0.882. The van der Waals surface area contributed by atoms with Gasteiger partial charge in [0.25, 0.3) is 0 Å². The normalized spacial score (nSPS) is 26.0. The van der Waals surface area contributed by atoms with Crippen LogP contribution in [0.15, 0.2) is 0 Å². The number of carbonyl (C=O) groups excluding carboxylic acids is 2. The number of carbonyl (C=O) groups is 2. The van der Waals surface area contributed by atoms with E-state index < -0.39 is 17.2 Å². The highest BCUT2D eigenvalue weighted by Crippen LogP contribution is 2.42. The molecule has 1 rings (SSSR count). The van der Waals surface area contributed by atoms with E-state index in [1.165, 1.54) is 0 Å². The highest BCUT2D eigenvalue weighted by atomic mass is 35.5. The number of amides is 2. The summed E-state index contributed by atoms with van der Waals surface area (Å²) in [6.07, 6.45) is 0.372. The first kappa shape index (κ1) is 20.1. The Bertz CT molecular complexity index is 467. The second kappa shape index (κ2) is 6.50. The first-order valence-corrected chi connectivity index (χ1v) is 8.64. The van der Waals surface area contributed by atoms with Crippen molar-refractivity contribution in [2.75, 3.05) is 12.9 Å². The van der Waals surface area contributed by atoms with Gasteiger partial charge in [0.15, 0.2) is 0 Å². The molecule has 2 atom stereocenters. The number of halogens is 1. The van der Waals surface area contributed by atoms with Crippen molar-refractivity contribution in [3.8, 4) is 0 Å². The largest absolute Gasteiger partial charge is 0.444 e. The summed E-state index contributed by atoms with van der Waals surface area (Å²) in [4.78, 5) is 29.1. The van der Waals surface area contributed by atoms with Crippen LogP contribution in [0.3, 0.4) is 0 Å². The number of nitrogens with zero attached hydrogens (tertiary/aromatic N) is 2. The van der Waals surface area contributed by atoms with Crippen LogP contribution in [-0.2, 0) is 9.53 Å². The maximum Gasteiger partial charge on any atom is 0.412 e. The number of hydrogen-bond donors (Lipinski definition) is 0. The smallest absolute Gasteiger partial charge is 0.412 e. The molecule has 0 aromatic carbocycles. The Morgan fingerprint density at radius 1 is 1.26 bits per heavy atom. The monoisotopic (exact) mass is 346 g/mol. The van der Waals surface area contributed by atoms with Crippen LogP contribution in [-0.4, -0.2) is 52.0 Å². The number of alkyl halides is 1. The van der Waals surface area contributed by atoms with Gasteiger partial charge >= 0.3 is 6.09 Å². The molecule has 0 N–H and O–H groups in total. The molecule has 2 amide bonds. The first-order chi connectivity index (χ1) is 10.3. The lowest BCUT2D eigenvalue weighted by atomic mass is 9.89. The van der Waals surface area contributed by atoms with Crippen molar-refractivity contribution in [3.63, 3.8) is 0 Å². The molecule has 0 radical (unpaired) electrons. The lowest BCUT2D eigenvalue weighted by Crippen LogP contribution is -2.56. The van der Waals surface area contributed by atoms with Crippen molar-refractivity contribution in [1.29, 1.82) is 0 Å². The van der Waals surface area contributed by atoms with Gasteiger partial charge < -0.3 is 9.64 Å². The molecule has 5 nitrogen and oxygen atoms in total. The number of rotatable bonds is 3. The Labute approximate surface area is 145 Å². The van der Waals surface area contributed by atoms with Crippen LogP contribution in [0.25, 0.3) is 0 Å². The van der Waals surface area contributed by atoms with E-state index in [1.807, 2.05) is 48.5 Å². The topological polar surface area (TPSA) is 49.9 Å². The van der Waals surface area contributed by atoms with Crippen LogP contribution in [0.2, 0.25) is 0 Å². The number of hydrogen-bond acceptors (Lipinski definition) is 3. The Balaban J connectivity index is 3.32. The standard InChI is InChI=1S/C17H31ClN2O3/c1-15(2,3)12-19(8)13(21)17(7,10-9-11-18)20(12)14(22)23-16(4,5)6/h12H,9-11H2,1-8H3. The maximum atomic E-state index is 12.9. The average molecular weight is 347 g/mol. The van der Waals surface area contributed by atoms with Crippen LogP contribution >= 0.6 is 11.6 Å². The zero-order chi connectivity index (χ0) is 18.2. The molecule has 23 heavy (non-hydrogen) atoms. The predicted molar refractivity (Wildman–Crippen MR) is 92.4 cm³/mol. The van der Waals surface area contributed by atoms with Crippen LogP contribution in [0, 0.1) is 5.41 Å². The molecule has 134 valence electrons. The van der Waals surface area contributed by atoms with Crippen molar-refractivity contribution in [2.45, 2.75) is 78.6 Å². The van der Waals surface area contributed by atoms with Crippen molar-refractivity contribution in [3.05, 3.63) is 0 Å². The highest BCUT2D eigenvalue weighted by Gasteiger charge is 2.59. The van der Waals surface area contributed by atoms with Gasteiger partial charge in [0.1, 0.15) is 17.3 Å². The minimum absolute atomic E-state index is 0.0617. The molecule has 0 aromatic heterocycles. The Kier molecular flexibility index (Phi) is 5.67. The average Bonchev–Trinajstić information content (AvgIpc) is 2.56. The Morgan fingerprint density at radius 3 is 2.17 bits per heavy atom. The molecule has 0 bridgehead atoms. The fourth-order valence-electron chi connectivity index (χ4n) is 3.26. The zero-order valence-electron chi connectivity index (χ0n) is 15.7. The summed E-state index contributed by atoms with van der Waals surface area (Å²) in [7, 11) is 1.75. The highest BCUT2D eigenvalue weighted by molar-refractivity contribution is 6.17. The predicted octanol–water partition coefficient (Wildman–Crippen LogP) is 3.85.